The Morgan fingerprint density at radius 1 is 1.58 bits per heavy atom. The minimum atomic E-state index is -0.410. The van der Waals surface area contributed by atoms with Crippen molar-refractivity contribution >= 4 is 35.1 Å². The van der Waals surface area contributed by atoms with Crippen molar-refractivity contribution < 1.29 is 14.3 Å². The van der Waals surface area contributed by atoms with E-state index in [4.69, 9.17) is 21.1 Å². The van der Waals surface area contributed by atoms with Crippen LogP contribution >= 0.6 is 23.4 Å². The second kappa shape index (κ2) is 6.23. The fourth-order valence-electron chi connectivity index (χ4n) is 1.57. The number of nitrogens with zero attached hydrogens (tertiary/aromatic N) is 2. The lowest BCUT2D eigenvalue weighted by molar-refractivity contribution is -0.136. The summed E-state index contributed by atoms with van der Waals surface area (Å²) in [5, 5.41) is 4.02. The summed E-state index contributed by atoms with van der Waals surface area (Å²) in [6.45, 7) is 0.535. The highest BCUT2D eigenvalue weighted by Gasteiger charge is 2.23. The maximum atomic E-state index is 11.6. The number of thioether (sulfide) groups is 1. The van der Waals surface area contributed by atoms with E-state index < -0.39 is 5.97 Å². The van der Waals surface area contributed by atoms with Crippen LogP contribution in [0.25, 0.3) is 0 Å². The third-order valence-electron chi connectivity index (χ3n) is 2.46. The molecule has 2 rings (SSSR count). The molecule has 1 N–H and O–H groups in total. The van der Waals surface area contributed by atoms with Crippen LogP contribution < -0.4 is 5.32 Å². The number of ether oxygens (including phenoxy) is 2. The number of aromatic nitrogens is 2. The predicted octanol–water partition coefficient (Wildman–Crippen LogP) is 1.72. The molecule has 1 aromatic heterocycles. The standard InChI is InChI=1S/C11H12ClN3O3S/c1-17-11(16)6-4-18-5-7(6)14-9-10(19-2)15-8(12)3-13-9/h3H,4-5H2,1-2H3,(H,13,14). The van der Waals surface area contributed by atoms with Gasteiger partial charge in [0.05, 0.1) is 37.8 Å². The first-order valence-electron chi connectivity index (χ1n) is 5.37. The van der Waals surface area contributed by atoms with Crippen molar-refractivity contribution in [2.45, 2.75) is 5.03 Å². The first-order valence-corrected chi connectivity index (χ1v) is 6.97. The summed E-state index contributed by atoms with van der Waals surface area (Å²) >= 11 is 7.20. The molecule has 0 atom stereocenters. The Kier molecular flexibility index (Phi) is 4.62. The maximum absolute atomic E-state index is 11.6. The molecule has 2 heterocycles. The highest BCUT2D eigenvalue weighted by molar-refractivity contribution is 7.98. The maximum Gasteiger partial charge on any atom is 0.337 e. The molecule has 1 aliphatic heterocycles. The number of hydrogen-bond donors (Lipinski definition) is 1. The molecular weight excluding hydrogens is 290 g/mol. The fraction of sp³-hybridized carbons (Fsp3) is 0.364. The Bertz CT molecular complexity index is 536. The van der Waals surface area contributed by atoms with E-state index >= 15 is 0 Å². The molecule has 0 aromatic carbocycles. The van der Waals surface area contributed by atoms with E-state index in [2.05, 4.69) is 15.3 Å². The van der Waals surface area contributed by atoms with Crippen LogP contribution in [0, 0.1) is 0 Å². The Morgan fingerprint density at radius 2 is 2.37 bits per heavy atom. The molecule has 19 heavy (non-hydrogen) atoms. The minimum Gasteiger partial charge on any atom is -0.466 e. The molecule has 8 heteroatoms. The van der Waals surface area contributed by atoms with E-state index in [0.29, 0.717) is 33.9 Å². The zero-order valence-corrected chi connectivity index (χ0v) is 12.0. The predicted molar refractivity (Wildman–Crippen MR) is 72.3 cm³/mol. The smallest absolute Gasteiger partial charge is 0.337 e. The number of esters is 1. The van der Waals surface area contributed by atoms with Crippen LogP contribution in [0.2, 0.25) is 5.15 Å². The molecule has 1 aliphatic rings. The van der Waals surface area contributed by atoms with Crippen LogP contribution in [0.15, 0.2) is 22.5 Å². The molecule has 0 spiro atoms. The summed E-state index contributed by atoms with van der Waals surface area (Å²) < 4.78 is 9.94. The lowest BCUT2D eigenvalue weighted by Crippen LogP contribution is -2.12. The molecule has 6 nitrogen and oxygen atoms in total. The van der Waals surface area contributed by atoms with E-state index in [1.165, 1.54) is 25.1 Å². The van der Waals surface area contributed by atoms with Crippen molar-refractivity contribution in [3.05, 3.63) is 22.6 Å². The Balaban J connectivity index is 2.27. The lowest BCUT2D eigenvalue weighted by Gasteiger charge is -2.10. The highest BCUT2D eigenvalue weighted by Crippen LogP contribution is 2.25. The summed E-state index contributed by atoms with van der Waals surface area (Å²) in [6.07, 6.45) is 3.31. The van der Waals surface area contributed by atoms with Crippen LogP contribution in [0.3, 0.4) is 0 Å². The van der Waals surface area contributed by atoms with E-state index in [9.17, 15) is 4.79 Å². The van der Waals surface area contributed by atoms with Crippen LogP contribution in [0.4, 0.5) is 5.82 Å². The number of hydrogen-bond acceptors (Lipinski definition) is 7. The normalized spacial score (nSPS) is 14.7. The van der Waals surface area contributed by atoms with Crippen LogP contribution in [0.1, 0.15) is 0 Å². The molecule has 0 unspecified atom stereocenters. The van der Waals surface area contributed by atoms with Gasteiger partial charge in [-0.25, -0.2) is 14.8 Å². The molecule has 102 valence electrons. The average Bonchev–Trinajstić information content (AvgIpc) is 2.88. The quantitative estimate of drug-likeness (QED) is 0.670. The van der Waals surface area contributed by atoms with Gasteiger partial charge in [0, 0.05) is 0 Å². The number of rotatable bonds is 4. The van der Waals surface area contributed by atoms with Gasteiger partial charge in [-0.3, -0.25) is 0 Å². The Hall–Kier alpha value is -1.31. The van der Waals surface area contributed by atoms with Crippen LogP contribution in [-0.2, 0) is 14.3 Å². The van der Waals surface area contributed by atoms with Crippen molar-refractivity contribution in [3.63, 3.8) is 0 Å². The Labute approximate surface area is 119 Å². The SMILES string of the molecule is COC(=O)C1=C(Nc2ncc(Cl)nc2SC)COC1. The van der Waals surface area contributed by atoms with Gasteiger partial charge in [-0.1, -0.05) is 11.6 Å². The van der Waals surface area contributed by atoms with Gasteiger partial charge in [0.2, 0.25) is 0 Å². The van der Waals surface area contributed by atoms with Crippen molar-refractivity contribution in [1.82, 2.24) is 9.97 Å². The molecular formula is C11H12ClN3O3S. The first kappa shape index (κ1) is 14.1. The summed E-state index contributed by atoms with van der Waals surface area (Å²) in [5.74, 6) is 0.131. The second-order valence-electron chi connectivity index (χ2n) is 3.62. The zero-order valence-electron chi connectivity index (χ0n) is 10.4. The average molecular weight is 302 g/mol. The molecule has 1 aromatic rings. The number of nitrogens with one attached hydrogen (secondary N) is 1. The van der Waals surface area contributed by atoms with Gasteiger partial charge in [0.25, 0.3) is 0 Å². The molecule has 0 amide bonds. The molecule has 0 aliphatic carbocycles. The van der Waals surface area contributed by atoms with Gasteiger partial charge in [-0.2, -0.15) is 0 Å². The van der Waals surface area contributed by atoms with E-state index in [1.807, 2.05) is 6.26 Å². The lowest BCUT2D eigenvalue weighted by atomic mass is 10.2. The van der Waals surface area contributed by atoms with Gasteiger partial charge >= 0.3 is 5.97 Å². The van der Waals surface area contributed by atoms with Crippen molar-refractivity contribution in [1.29, 1.82) is 0 Å². The number of anilines is 1. The second-order valence-corrected chi connectivity index (χ2v) is 4.80. The fourth-order valence-corrected chi connectivity index (χ4v) is 2.24. The highest BCUT2D eigenvalue weighted by atomic mass is 35.5. The van der Waals surface area contributed by atoms with E-state index in [-0.39, 0.29) is 6.61 Å². The van der Waals surface area contributed by atoms with Crippen molar-refractivity contribution in [2.24, 2.45) is 0 Å². The zero-order chi connectivity index (χ0) is 13.8. The minimum absolute atomic E-state index is 0.227. The van der Waals surface area contributed by atoms with Crippen LogP contribution in [-0.4, -0.2) is 42.5 Å². The molecule has 0 saturated carbocycles. The summed E-state index contributed by atoms with van der Waals surface area (Å²) in [4.78, 5) is 19.9. The largest absolute Gasteiger partial charge is 0.466 e. The number of methoxy groups -OCH3 is 1. The van der Waals surface area contributed by atoms with Crippen molar-refractivity contribution in [3.8, 4) is 0 Å². The van der Waals surface area contributed by atoms with Crippen LogP contribution in [0.5, 0.6) is 0 Å². The topological polar surface area (TPSA) is 73.3 Å². The molecule has 0 radical (unpaired) electrons. The van der Waals surface area contributed by atoms with E-state index in [1.54, 1.807) is 0 Å². The third kappa shape index (κ3) is 3.17. The number of carbonyl (C=O) groups excluding carboxylic acids is 1. The summed E-state index contributed by atoms with van der Waals surface area (Å²) in [7, 11) is 1.33. The monoisotopic (exact) mass is 301 g/mol. The van der Waals surface area contributed by atoms with Gasteiger partial charge in [0.15, 0.2) is 5.82 Å². The molecule has 0 saturated heterocycles. The van der Waals surface area contributed by atoms with Gasteiger partial charge in [-0.15, -0.1) is 11.8 Å². The first-order chi connectivity index (χ1) is 9.15. The van der Waals surface area contributed by atoms with Crippen molar-refractivity contribution in [2.75, 3.05) is 31.9 Å². The van der Waals surface area contributed by atoms with Gasteiger partial charge < -0.3 is 14.8 Å². The van der Waals surface area contributed by atoms with Gasteiger partial charge in [-0.05, 0) is 6.26 Å². The molecule has 0 bridgehead atoms. The summed E-state index contributed by atoms with van der Waals surface area (Å²) in [5.41, 5.74) is 1.10. The number of carbonyl (C=O) groups is 1. The third-order valence-corrected chi connectivity index (χ3v) is 3.32. The van der Waals surface area contributed by atoms with E-state index in [0.717, 1.165) is 0 Å². The summed E-state index contributed by atoms with van der Waals surface area (Å²) in [6, 6.07) is 0. The Morgan fingerprint density at radius 3 is 3.05 bits per heavy atom. The number of halogens is 1. The van der Waals surface area contributed by atoms with Gasteiger partial charge in [0.1, 0.15) is 10.2 Å². The molecule has 0 fully saturated rings.